The Hall–Kier alpha value is -0.770. The summed E-state index contributed by atoms with van der Waals surface area (Å²) in [7, 11) is 1.70. The highest BCUT2D eigenvalue weighted by molar-refractivity contribution is 6.30. The van der Waals surface area contributed by atoms with Gasteiger partial charge in [0.25, 0.3) is 0 Å². The van der Waals surface area contributed by atoms with Crippen molar-refractivity contribution in [3.63, 3.8) is 0 Å². The van der Waals surface area contributed by atoms with Crippen molar-refractivity contribution in [2.75, 3.05) is 33.3 Å². The van der Waals surface area contributed by atoms with Crippen LogP contribution in [0.5, 0.6) is 5.75 Å². The van der Waals surface area contributed by atoms with Crippen LogP contribution in [0, 0.1) is 0 Å². The van der Waals surface area contributed by atoms with Crippen LogP contribution in [0.25, 0.3) is 0 Å². The molecule has 0 heterocycles. The quantitative estimate of drug-likeness (QED) is 0.657. The lowest BCUT2D eigenvalue weighted by atomic mass is 10.2. The Labute approximate surface area is 115 Å². The number of hydrogen-bond donors (Lipinski definition) is 2. The van der Waals surface area contributed by atoms with E-state index in [-0.39, 0.29) is 0 Å². The molecule has 0 saturated carbocycles. The van der Waals surface area contributed by atoms with Crippen LogP contribution in [0.1, 0.15) is 19.4 Å². The Morgan fingerprint density at radius 1 is 1.28 bits per heavy atom. The summed E-state index contributed by atoms with van der Waals surface area (Å²) in [5, 5.41) is 3.09. The smallest absolute Gasteiger partial charge is 0.127 e. The van der Waals surface area contributed by atoms with E-state index in [0.717, 1.165) is 23.9 Å². The number of rotatable bonds is 8. The van der Waals surface area contributed by atoms with E-state index in [1.807, 2.05) is 18.2 Å². The summed E-state index contributed by atoms with van der Waals surface area (Å²) in [6, 6.07) is 5.78. The number of halogens is 1. The van der Waals surface area contributed by atoms with E-state index in [1.54, 1.807) is 12.0 Å². The van der Waals surface area contributed by atoms with E-state index in [9.17, 15) is 0 Å². The van der Waals surface area contributed by atoms with E-state index < -0.39 is 0 Å². The minimum Gasteiger partial charge on any atom is -0.496 e. The van der Waals surface area contributed by atoms with Crippen LogP contribution in [-0.2, 0) is 6.54 Å². The Bertz CT molecular complexity index is 354. The average molecular weight is 273 g/mol. The van der Waals surface area contributed by atoms with Crippen LogP contribution in [-0.4, -0.2) is 33.3 Å². The second kappa shape index (κ2) is 8.35. The molecule has 3 N–H and O–H groups in total. The van der Waals surface area contributed by atoms with Gasteiger partial charge in [0.15, 0.2) is 0 Å². The lowest BCUT2D eigenvalue weighted by molar-refractivity contribution is -0.910. The molecule has 0 atom stereocenters. The molecule has 0 spiro atoms. The third kappa shape index (κ3) is 4.84. The molecule has 0 radical (unpaired) electrons. The summed E-state index contributed by atoms with van der Waals surface area (Å²) in [6.45, 7) is 10.1. The SMILES string of the molecule is CC[NH+](CC)CC[NH2+]Cc1cc(Cl)ccc1OC. The molecule has 0 aliphatic rings. The standard InChI is InChI=1S/C14H23ClN2O/c1-4-17(5-2)9-8-16-11-12-10-13(15)6-7-14(12)18-3/h6-7,10,16H,4-5,8-9,11H2,1-3H3/p+2. The molecule has 0 bridgehead atoms. The van der Waals surface area contributed by atoms with Gasteiger partial charge in [0, 0.05) is 10.6 Å². The van der Waals surface area contributed by atoms with Gasteiger partial charge in [-0.1, -0.05) is 11.6 Å². The molecule has 1 aromatic rings. The Kier molecular flexibility index (Phi) is 7.09. The minimum absolute atomic E-state index is 0.772. The van der Waals surface area contributed by atoms with Gasteiger partial charge in [-0.2, -0.15) is 0 Å². The first-order valence-electron chi connectivity index (χ1n) is 6.68. The number of ether oxygens (including phenoxy) is 1. The normalized spacial score (nSPS) is 10.9. The van der Waals surface area contributed by atoms with Gasteiger partial charge < -0.3 is 15.0 Å². The first kappa shape index (κ1) is 15.3. The maximum absolute atomic E-state index is 6.01. The molecule has 1 rings (SSSR count). The van der Waals surface area contributed by atoms with Crippen molar-refractivity contribution in [3.05, 3.63) is 28.8 Å². The molecule has 0 aliphatic carbocycles. The van der Waals surface area contributed by atoms with Gasteiger partial charge in [0.05, 0.1) is 20.2 Å². The molecule has 3 nitrogen and oxygen atoms in total. The minimum atomic E-state index is 0.772. The van der Waals surface area contributed by atoms with Gasteiger partial charge >= 0.3 is 0 Å². The second-order valence-electron chi connectivity index (χ2n) is 4.44. The van der Waals surface area contributed by atoms with Crippen LogP contribution in [0.3, 0.4) is 0 Å². The number of methoxy groups -OCH3 is 1. The van der Waals surface area contributed by atoms with Gasteiger partial charge in [0.1, 0.15) is 25.4 Å². The Morgan fingerprint density at radius 3 is 2.61 bits per heavy atom. The van der Waals surface area contributed by atoms with Crippen LogP contribution in [0.4, 0.5) is 0 Å². The maximum atomic E-state index is 6.01. The summed E-state index contributed by atoms with van der Waals surface area (Å²) in [5.74, 6) is 0.922. The van der Waals surface area contributed by atoms with Crippen molar-refractivity contribution in [1.29, 1.82) is 0 Å². The van der Waals surface area contributed by atoms with Crippen molar-refractivity contribution in [2.45, 2.75) is 20.4 Å². The summed E-state index contributed by atoms with van der Waals surface area (Å²) >= 11 is 6.01. The van der Waals surface area contributed by atoms with Gasteiger partial charge in [-0.3, -0.25) is 0 Å². The highest BCUT2D eigenvalue weighted by Crippen LogP contribution is 2.21. The molecular weight excluding hydrogens is 248 g/mol. The fourth-order valence-electron chi connectivity index (χ4n) is 2.07. The molecule has 102 valence electrons. The summed E-state index contributed by atoms with van der Waals surface area (Å²) in [5.41, 5.74) is 1.17. The first-order chi connectivity index (χ1) is 8.71. The molecule has 0 unspecified atom stereocenters. The molecule has 0 aliphatic heterocycles. The Morgan fingerprint density at radius 2 is 2.00 bits per heavy atom. The van der Waals surface area contributed by atoms with Crippen LogP contribution < -0.4 is 15.0 Å². The van der Waals surface area contributed by atoms with Crippen molar-refractivity contribution < 1.29 is 15.0 Å². The molecule has 0 saturated heterocycles. The van der Waals surface area contributed by atoms with Crippen molar-refractivity contribution >= 4 is 11.6 Å². The second-order valence-corrected chi connectivity index (χ2v) is 4.88. The van der Waals surface area contributed by atoms with Gasteiger partial charge in [-0.25, -0.2) is 0 Å². The number of benzene rings is 1. The maximum Gasteiger partial charge on any atom is 0.127 e. The zero-order valence-corrected chi connectivity index (χ0v) is 12.4. The van der Waals surface area contributed by atoms with Gasteiger partial charge in [-0.15, -0.1) is 0 Å². The predicted octanol–water partition coefficient (Wildman–Crippen LogP) is 0.337. The van der Waals surface area contributed by atoms with Crippen molar-refractivity contribution in [3.8, 4) is 5.75 Å². The fraction of sp³-hybridized carbons (Fsp3) is 0.571. The topological polar surface area (TPSA) is 30.3 Å². The average Bonchev–Trinajstić information content (AvgIpc) is 2.39. The lowest BCUT2D eigenvalue weighted by Gasteiger charge is -2.14. The molecule has 1 aromatic carbocycles. The largest absolute Gasteiger partial charge is 0.496 e. The monoisotopic (exact) mass is 272 g/mol. The van der Waals surface area contributed by atoms with E-state index in [2.05, 4.69) is 19.2 Å². The summed E-state index contributed by atoms with van der Waals surface area (Å²) < 4.78 is 5.34. The summed E-state index contributed by atoms with van der Waals surface area (Å²) in [4.78, 5) is 1.64. The van der Waals surface area contributed by atoms with Crippen LogP contribution >= 0.6 is 11.6 Å². The molecule has 18 heavy (non-hydrogen) atoms. The number of likely N-dealkylation sites (N-methyl/N-ethyl adjacent to an activating group) is 1. The van der Waals surface area contributed by atoms with Crippen LogP contribution in [0.2, 0.25) is 5.02 Å². The van der Waals surface area contributed by atoms with Gasteiger partial charge in [0.2, 0.25) is 0 Å². The fourth-order valence-corrected chi connectivity index (χ4v) is 2.27. The molecule has 0 fully saturated rings. The number of nitrogens with one attached hydrogen (secondary N) is 1. The van der Waals surface area contributed by atoms with Crippen LogP contribution in [0.15, 0.2) is 18.2 Å². The number of nitrogens with two attached hydrogens (primary N) is 1. The first-order valence-corrected chi connectivity index (χ1v) is 7.06. The third-order valence-electron chi connectivity index (χ3n) is 3.31. The van der Waals surface area contributed by atoms with Crippen molar-refractivity contribution in [2.24, 2.45) is 0 Å². The highest BCUT2D eigenvalue weighted by Gasteiger charge is 2.07. The third-order valence-corrected chi connectivity index (χ3v) is 3.54. The number of quaternary nitrogens is 2. The molecule has 0 aromatic heterocycles. The molecule has 4 heteroatoms. The van der Waals surface area contributed by atoms with E-state index in [0.29, 0.717) is 0 Å². The van der Waals surface area contributed by atoms with E-state index in [4.69, 9.17) is 16.3 Å². The number of hydrogen-bond acceptors (Lipinski definition) is 1. The predicted molar refractivity (Wildman–Crippen MR) is 75.4 cm³/mol. The molecule has 0 amide bonds. The van der Waals surface area contributed by atoms with E-state index in [1.165, 1.54) is 25.2 Å². The van der Waals surface area contributed by atoms with Gasteiger partial charge in [-0.05, 0) is 32.0 Å². The highest BCUT2D eigenvalue weighted by atomic mass is 35.5. The zero-order valence-electron chi connectivity index (χ0n) is 11.6. The zero-order chi connectivity index (χ0) is 13.4. The lowest BCUT2D eigenvalue weighted by Crippen LogP contribution is -3.14. The van der Waals surface area contributed by atoms with Crippen molar-refractivity contribution in [1.82, 2.24) is 0 Å². The van der Waals surface area contributed by atoms with E-state index >= 15 is 0 Å². The summed E-state index contributed by atoms with van der Waals surface area (Å²) in [6.07, 6.45) is 0. The molecular formula is C14H25ClN2O+2. The Balaban J connectivity index is 2.41.